The van der Waals surface area contributed by atoms with Gasteiger partial charge in [-0.2, -0.15) is 5.10 Å². The van der Waals surface area contributed by atoms with E-state index in [-0.39, 0.29) is 6.04 Å². The Morgan fingerprint density at radius 3 is 2.61 bits per heavy atom. The molecule has 0 saturated heterocycles. The highest BCUT2D eigenvalue weighted by molar-refractivity contribution is 5.29. The SMILES string of the molecule is CCCNC(c1cncnc1)c1cn(C)nc1C. The Morgan fingerprint density at radius 1 is 1.33 bits per heavy atom. The molecule has 0 fully saturated rings. The Labute approximate surface area is 107 Å². The van der Waals surface area contributed by atoms with Crippen molar-refractivity contribution in [3.05, 3.63) is 41.7 Å². The normalized spacial score (nSPS) is 12.6. The van der Waals surface area contributed by atoms with Gasteiger partial charge in [0, 0.05) is 36.8 Å². The van der Waals surface area contributed by atoms with E-state index in [1.165, 1.54) is 5.56 Å². The van der Waals surface area contributed by atoms with Crippen molar-refractivity contribution in [2.24, 2.45) is 7.05 Å². The summed E-state index contributed by atoms with van der Waals surface area (Å²) >= 11 is 0. The van der Waals surface area contributed by atoms with Gasteiger partial charge in [0.25, 0.3) is 0 Å². The molecular weight excluding hydrogens is 226 g/mol. The molecule has 0 aliphatic carbocycles. The van der Waals surface area contributed by atoms with Gasteiger partial charge in [-0.3, -0.25) is 4.68 Å². The molecule has 0 aliphatic rings. The van der Waals surface area contributed by atoms with Crippen LogP contribution in [0, 0.1) is 6.92 Å². The van der Waals surface area contributed by atoms with E-state index < -0.39 is 0 Å². The maximum Gasteiger partial charge on any atom is 0.115 e. The van der Waals surface area contributed by atoms with Crippen LogP contribution >= 0.6 is 0 Å². The Bertz CT molecular complexity index is 491. The van der Waals surface area contributed by atoms with Gasteiger partial charge >= 0.3 is 0 Å². The molecule has 0 spiro atoms. The van der Waals surface area contributed by atoms with Gasteiger partial charge in [0.15, 0.2) is 0 Å². The predicted octanol–water partition coefficient (Wildman–Crippen LogP) is 1.61. The summed E-state index contributed by atoms with van der Waals surface area (Å²) in [6.45, 7) is 5.13. The predicted molar refractivity (Wildman–Crippen MR) is 70.1 cm³/mol. The van der Waals surface area contributed by atoms with E-state index in [0.29, 0.717) is 0 Å². The molecule has 2 aromatic rings. The molecule has 0 aliphatic heterocycles. The van der Waals surface area contributed by atoms with E-state index in [9.17, 15) is 0 Å². The molecular formula is C13H19N5. The second-order valence-corrected chi connectivity index (χ2v) is 4.40. The minimum Gasteiger partial charge on any atom is -0.306 e. The zero-order valence-electron chi connectivity index (χ0n) is 11.1. The second-order valence-electron chi connectivity index (χ2n) is 4.40. The number of hydrogen-bond donors (Lipinski definition) is 1. The molecule has 0 saturated carbocycles. The standard InChI is InChI=1S/C13H19N5/c1-4-5-16-13(11-6-14-9-15-7-11)12-8-18(3)17-10(12)2/h6-9,13,16H,4-5H2,1-3H3. The fourth-order valence-corrected chi connectivity index (χ4v) is 2.06. The van der Waals surface area contributed by atoms with Crippen molar-refractivity contribution in [3.8, 4) is 0 Å². The van der Waals surface area contributed by atoms with Gasteiger partial charge in [-0.15, -0.1) is 0 Å². The van der Waals surface area contributed by atoms with Crippen molar-refractivity contribution in [1.29, 1.82) is 0 Å². The van der Waals surface area contributed by atoms with Crippen LogP contribution < -0.4 is 5.32 Å². The molecule has 18 heavy (non-hydrogen) atoms. The molecule has 5 nitrogen and oxygen atoms in total. The number of aromatic nitrogens is 4. The third kappa shape index (κ3) is 2.73. The Hall–Kier alpha value is -1.75. The number of nitrogens with one attached hydrogen (secondary N) is 1. The Kier molecular flexibility index (Phi) is 4.04. The molecule has 1 atom stereocenters. The van der Waals surface area contributed by atoms with Crippen LogP contribution in [0.25, 0.3) is 0 Å². The molecule has 5 heteroatoms. The number of aryl methyl sites for hydroxylation is 2. The lowest BCUT2D eigenvalue weighted by atomic mass is 10.0. The van der Waals surface area contributed by atoms with E-state index in [4.69, 9.17) is 0 Å². The third-order valence-electron chi connectivity index (χ3n) is 2.87. The monoisotopic (exact) mass is 245 g/mol. The second kappa shape index (κ2) is 5.73. The summed E-state index contributed by atoms with van der Waals surface area (Å²) < 4.78 is 1.84. The zero-order valence-corrected chi connectivity index (χ0v) is 11.1. The van der Waals surface area contributed by atoms with E-state index in [1.807, 2.05) is 31.0 Å². The number of rotatable bonds is 5. The highest BCUT2D eigenvalue weighted by Gasteiger charge is 2.18. The quantitative estimate of drug-likeness (QED) is 0.869. The first-order chi connectivity index (χ1) is 8.72. The van der Waals surface area contributed by atoms with Crippen LogP contribution in [0.5, 0.6) is 0 Å². The van der Waals surface area contributed by atoms with Crippen LogP contribution in [0.3, 0.4) is 0 Å². The molecule has 0 amide bonds. The summed E-state index contributed by atoms with van der Waals surface area (Å²) in [4.78, 5) is 8.19. The fourth-order valence-electron chi connectivity index (χ4n) is 2.06. The van der Waals surface area contributed by atoms with Crippen molar-refractivity contribution >= 4 is 0 Å². The molecule has 0 aromatic carbocycles. The minimum absolute atomic E-state index is 0.111. The van der Waals surface area contributed by atoms with E-state index in [1.54, 1.807) is 6.33 Å². The van der Waals surface area contributed by atoms with E-state index in [2.05, 4.69) is 33.5 Å². The van der Waals surface area contributed by atoms with Crippen LogP contribution in [0.1, 0.15) is 36.2 Å². The van der Waals surface area contributed by atoms with Gasteiger partial charge < -0.3 is 5.32 Å². The first-order valence-electron chi connectivity index (χ1n) is 6.20. The van der Waals surface area contributed by atoms with Gasteiger partial charge in [-0.1, -0.05) is 6.92 Å². The van der Waals surface area contributed by atoms with Gasteiger partial charge in [0.05, 0.1) is 11.7 Å². The lowest BCUT2D eigenvalue weighted by Gasteiger charge is -2.17. The summed E-state index contributed by atoms with van der Waals surface area (Å²) in [5.74, 6) is 0. The van der Waals surface area contributed by atoms with Gasteiger partial charge in [-0.25, -0.2) is 9.97 Å². The maximum atomic E-state index is 4.40. The summed E-state index contributed by atoms with van der Waals surface area (Å²) in [5, 5.41) is 7.92. The van der Waals surface area contributed by atoms with Crippen molar-refractivity contribution in [1.82, 2.24) is 25.1 Å². The molecule has 96 valence electrons. The third-order valence-corrected chi connectivity index (χ3v) is 2.87. The average molecular weight is 245 g/mol. The lowest BCUT2D eigenvalue weighted by Crippen LogP contribution is -2.23. The smallest absolute Gasteiger partial charge is 0.115 e. The summed E-state index contributed by atoms with van der Waals surface area (Å²) in [6, 6.07) is 0.111. The number of nitrogens with zero attached hydrogens (tertiary/aromatic N) is 4. The summed E-state index contributed by atoms with van der Waals surface area (Å²) in [7, 11) is 1.94. The Balaban J connectivity index is 2.34. The molecule has 1 N–H and O–H groups in total. The average Bonchev–Trinajstić information content (AvgIpc) is 2.70. The van der Waals surface area contributed by atoms with Crippen LogP contribution in [-0.4, -0.2) is 26.3 Å². The van der Waals surface area contributed by atoms with Crippen molar-refractivity contribution < 1.29 is 0 Å². The summed E-state index contributed by atoms with van der Waals surface area (Å²) in [6.07, 6.45) is 8.40. The first kappa shape index (κ1) is 12.7. The molecule has 1 unspecified atom stereocenters. The van der Waals surface area contributed by atoms with Crippen molar-refractivity contribution in [2.45, 2.75) is 26.3 Å². The Morgan fingerprint density at radius 2 is 2.06 bits per heavy atom. The van der Waals surface area contributed by atoms with Crippen LogP contribution in [0.15, 0.2) is 24.9 Å². The van der Waals surface area contributed by atoms with Gasteiger partial charge in [0.1, 0.15) is 6.33 Å². The molecule has 0 bridgehead atoms. The zero-order chi connectivity index (χ0) is 13.0. The number of hydrogen-bond acceptors (Lipinski definition) is 4. The van der Waals surface area contributed by atoms with Gasteiger partial charge in [0.2, 0.25) is 0 Å². The van der Waals surface area contributed by atoms with Gasteiger partial charge in [-0.05, 0) is 19.9 Å². The minimum atomic E-state index is 0.111. The largest absolute Gasteiger partial charge is 0.306 e. The van der Waals surface area contributed by atoms with E-state index >= 15 is 0 Å². The fraction of sp³-hybridized carbons (Fsp3) is 0.462. The van der Waals surface area contributed by atoms with Crippen LogP contribution in [-0.2, 0) is 7.05 Å². The van der Waals surface area contributed by atoms with E-state index in [0.717, 1.165) is 24.2 Å². The molecule has 2 rings (SSSR count). The van der Waals surface area contributed by atoms with Crippen LogP contribution in [0.4, 0.5) is 0 Å². The molecule has 0 radical (unpaired) electrons. The summed E-state index contributed by atoms with van der Waals surface area (Å²) in [5.41, 5.74) is 3.29. The molecule has 2 aromatic heterocycles. The molecule has 2 heterocycles. The van der Waals surface area contributed by atoms with Crippen LogP contribution in [0.2, 0.25) is 0 Å². The maximum absolute atomic E-state index is 4.40. The van der Waals surface area contributed by atoms with Crippen molar-refractivity contribution in [2.75, 3.05) is 6.54 Å². The van der Waals surface area contributed by atoms with Crippen molar-refractivity contribution in [3.63, 3.8) is 0 Å². The topological polar surface area (TPSA) is 55.6 Å². The highest BCUT2D eigenvalue weighted by atomic mass is 15.3. The first-order valence-corrected chi connectivity index (χ1v) is 6.20. The highest BCUT2D eigenvalue weighted by Crippen LogP contribution is 2.23. The lowest BCUT2D eigenvalue weighted by molar-refractivity contribution is 0.592.